The minimum Gasteiger partial charge on any atom is -0.375 e. The van der Waals surface area contributed by atoms with Crippen LogP contribution in [0, 0.1) is 0 Å². The predicted octanol–water partition coefficient (Wildman–Crippen LogP) is 2.18. The van der Waals surface area contributed by atoms with Crippen LogP contribution in [0.3, 0.4) is 0 Å². The first-order chi connectivity index (χ1) is 9.05. The number of urea groups is 1. The monoisotopic (exact) mass is 290 g/mol. The number of halogens is 1. The summed E-state index contributed by atoms with van der Waals surface area (Å²) in [6.07, 6.45) is 3.57. The maximum absolute atomic E-state index is 11.7. The lowest BCUT2D eigenvalue weighted by Crippen LogP contribution is -2.51. The Balaban J connectivity index is 2.44. The molecular weight excluding hydrogens is 268 g/mol. The number of ether oxygens (including phenoxy) is 1. The Morgan fingerprint density at radius 3 is 2.63 bits per heavy atom. The lowest BCUT2D eigenvalue weighted by atomic mass is 9.86. The summed E-state index contributed by atoms with van der Waals surface area (Å²) in [7, 11) is 0. The van der Waals surface area contributed by atoms with E-state index in [0.717, 1.165) is 25.7 Å². The number of hydrogen-bond acceptors (Lipinski definition) is 3. The van der Waals surface area contributed by atoms with Gasteiger partial charge in [0.2, 0.25) is 5.91 Å². The summed E-state index contributed by atoms with van der Waals surface area (Å²) in [5, 5.41) is 5.11. The van der Waals surface area contributed by atoms with Gasteiger partial charge in [-0.1, -0.05) is 13.8 Å². The van der Waals surface area contributed by atoms with E-state index in [1.165, 1.54) is 0 Å². The minimum absolute atomic E-state index is 0.0532. The minimum atomic E-state index is -0.442. The van der Waals surface area contributed by atoms with Crippen LogP contribution >= 0.6 is 11.6 Å². The molecular formula is C13H23ClN2O3. The van der Waals surface area contributed by atoms with Gasteiger partial charge in [-0.2, -0.15) is 0 Å². The molecule has 1 aliphatic rings. The van der Waals surface area contributed by atoms with Gasteiger partial charge in [-0.25, -0.2) is 4.79 Å². The van der Waals surface area contributed by atoms with Gasteiger partial charge >= 0.3 is 6.03 Å². The van der Waals surface area contributed by atoms with Crippen LogP contribution in [0.1, 0.15) is 46.0 Å². The predicted molar refractivity (Wildman–Crippen MR) is 74.3 cm³/mol. The van der Waals surface area contributed by atoms with Crippen molar-refractivity contribution in [2.45, 2.75) is 57.6 Å². The molecule has 1 fully saturated rings. The Hall–Kier alpha value is -0.810. The van der Waals surface area contributed by atoms with Gasteiger partial charge in [0.05, 0.1) is 5.60 Å². The Morgan fingerprint density at radius 1 is 1.37 bits per heavy atom. The van der Waals surface area contributed by atoms with E-state index < -0.39 is 6.03 Å². The summed E-state index contributed by atoms with van der Waals surface area (Å²) in [5.41, 5.74) is -0.143. The van der Waals surface area contributed by atoms with Crippen molar-refractivity contribution in [3.05, 3.63) is 0 Å². The number of nitrogens with one attached hydrogen (secondary N) is 2. The summed E-state index contributed by atoms with van der Waals surface area (Å²) in [6, 6.07) is -0.388. The van der Waals surface area contributed by atoms with Crippen LogP contribution in [0.5, 0.6) is 0 Å². The van der Waals surface area contributed by atoms with E-state index >= 15 is 0 Å². The van der Waals surface area contributed by atoms with Gasteiger partial charge in [-0.15, -0.1) is 11.6 Å². The van der Waals surface area contributed by atoms with Crippen molar-refractivity contribution in [2.75, 3.05) is 12.5 Å². The van der Waals surface area contributed by atoms with Gasteiger partial charge in [0.25, 0.3) is 0 Å². The second-order valence-corrected chi connectivity index (χ2v) is 5.27. The molecule has 5 nitrogen and oxygen atoms in total. The number of imide groups is 1. The van der Waals surface area contributed by atoms with Crippen molar-refractivity contribution < 1.29 is 14.3 Å². The summed E-state index contributed by atoms with van der Waals surface area (Å²) < 4.78 is 5.84. The molecule has 19 heavy (non-hydrogen) atoms. The van der Waals surface area contributed by atoms with E-state index in [1.54, 1.807) is 0 Å². The van der Waals surface area contributed by atoms with Crippen molar-refractivity contribution in [3.8, 4) is 0 Å². The van der Waals surface area contributed by atoms with Crippen molar-refractivity contribution >= 4 is 23.5 Å². The molecule has 0 radical (unpaired) electrons. The van der Waals surface area contributed by atoms with Gasteiger partial charge in [0.15, 0.2) is 0 Å². The Labute approximate surface area is 119 Å². The van der Waals surface area contributed by atoms with Crippen LogP contribution in [0.25, 0.3) is 0 Å². The van der Waals surface area contributed by atoms with E-state index in [1.807, 2.05) is 0 Å². The standard InChI is InChI=1S/C13H23ClN2O3/c1-3-13(4-2)9-10(6-8-19-13)15-12(18)16-11(17)5-7-14/h10H,3-9H2,1-2H3,(H2,15,16,17,18). The summed E-state index contributed by atoms with van der Waals surface area (Å²) in [6.45, 7) is 4.83. The molecule has 2 N–H and O–H groups in total. The van der Waals surface area contributed by atoms with Crippen LogP contribution in [-0.4, -0.2) is 36.1 Å². The highest BCUT2D eigenvalue weighted by atomic mass is 35.5. The average molecular weight is 291 g/mol. The Bertz CT molecular complexity index is 319. The van der Waals surface area contributed by atoms with Gasteiger partial charge in [-0.3, -0.25) is 10.1 Å². The van der Waals surface area contributed by atoms with E-state index in [2.05, 4.69) is 24.5 Å². The average Bonchev–Trinajstić information content (AvgIpc) is 2.38. The van der Waals surface area contributed by atoms with E-state index in [-0.39, 0.29) is 29.9 Å². The lowest BCUT2D eigenvalue weighted by Gasteiger charge is -2.40. The van der Waals surface area contributed by atoms with Crippen molar-refractivity contribution in [2.24, 2.45) is 0 Å². The molecule has 0 bridgehead atoms. The summed E-state index contributed by atoms with van der Waals surface area (Å²) >= 11 is 5.44. The molecule has 1 atom stereocenters. The zero-order valence-electron chi connectivity index (χ0n) is 11.6. The molecule has 1 rings (SSSR count). The fourth-order valence-electron chi connectivity index (χ4n) is 2.39. The fraction of sp³-hybridized carbons (Fsp3) is 0.846. The smallest absolute Gasteiger partial charge is 0.321 e. The highest BCUT2D eigenvalue weighted by Crippen LogP contribution is 2.31. The molecule has 0 aromatic heterocycles. The first kappa shape index (κ1) is 16.2. The first-order valence-electron chi connectivity index (χ1n) is 6.85. The maximum Gasteiger partial charge on any atom is 0.321 e. The Morgan fingerprint density at radius 2 is 2.05 bits per heavy atom. The van der Waals surface area contributed by atoms with Gasteiger partial charge in [0, 0.05) is 24.9 Å². The molecule has 0 saturated carbocycles. The maximum atomic E-state index is 11.7. The highest BCUT2D eigenvalue weighted by Gasteiger charge is 2.35. The number of amides is 3. The van der Waals surface area contributed by atoms with E-state index in [4.69, 9.17) is 16.3 Å². The van der Waals surface area contributed by atoms with Crippen LogP contribution < -0.4 is 10.6 Å². The molecule has 1 saturated heterocycles. The summed E-state index contributed by atoms with van der Waals surface area (Å²) in [4.78, 5) is 22.9. The van der Waals surface area contributed by atoms with Crippen molar-refractivity contribution in [3.63, 3.8) is 0 Å². The van der Waals surface area contributed by atoms with E-state index in [9.17, 15) is 9.59 Å². The molecule has 0 aliphatic carbocycles. The van der Waals surface area contributed by atoms with Crippen LogP contribution in [0.2, 0.25) is 0 Å². The number of alkyl halides is 1. The van der Waals surface area contributed by atoms with Crippen molar-refractivity contribution in [1.82, 2.24) is 10.6 Å². The number of hydrogen-bond donors (Lipinski definition) is 2. The largest absolute Gasteiger partial charge is 0.375 e. The molecule has 0 aromatic rings. The third kappa shape index (κ3) is 4.99. The highest BCUT2D eigenvalue weighted by molar-refractivity contribution is 6.19. The molecule has 6 heteroatoms. The van der Waals surface area contributed by atoms with Gasteiger partial charge in [0.1, 0.15) is 0 Å². The van der Waals surface area contributed by atoms with Crippen LogP contribution in [0.15, 0.2) is 0 Å². The third-order valence-corrected chi connectivity index (χ3v) is 3.88. The Kier molecular flexibility index (Phi) is 6.58. The lowest BCUT2D eigenvalue weighted by molar-refractivity contribution is -0.119. The molecule has 3 amide bonds. The van der Waals surface area contributed by atoms with Gasteiger partial charge < -0.3 is 10.1 Å². The van der Waals surface area contributed by atoms with E-state index in [0.29, 0.717) is 6.61 Å². The number of rotatable bonds is 5. The summed E-state index contributed by atoms with van der Waals surface area (Å²) in [5.74, 6) is -0.137. The quantitative estimate of drug-likeness (QED) is 0.763. The number of carbonyl (C=O) groups excluding carboxylic acids is 2. The topological polar surface area (TPSA) is 67.4 Å². The first-order valence-corrected chi connectivity index (χ1v) is 7.39. The van der Waals surface area contributed by atoms with Crippen LogP contribution in [-0.2, 0) is 9.53 Å². The molecule has 1 unspecified atom stereocenters. The van der Waals surface area contributed by atoms with Gasteiger partial charge in [-0.05, 0) is 25.7 Å². The zero-order chi connectivity index (χ0) is 14.3. The van der Waals surface area contributed by atoms with Crippen LogP contribution in [0.4, 0.5) is 4.79 Å². The second kappa shape index (κ2) is 7.70. The fourth-order valence-corrected chi connectivity index (χ4v) is 2.56. The van der Waals surface area contributed by atoms with Crippen molar-refractivity contribution in [1.29, 1.82) is 0 Å². The SMILES string of the molecule is CCC1(CC)CC(NC(=O)NC(=O)CCCl)CCO1. The molecule has 110 valence electrons. The number of carbonyl (C=O) groups is 2. The molecule has 0 spiro atoms. The molecule has 1 heterocycles. The normalized spacial score (nSPS) is 21.7. The zero-order valence-corrected chi connectivity index (χ0v) is 12.4. The molecule has 1 aliphatic heterocycles. The third-order valence-electron chi connectivity index (χ3n) is 3.69. The molecule has 0 aromatic carbocycles. The second-order valence-electron chi connectivity index (χ2n) is 4.89.